The molecule has 0 aliphatic carbocycles. The number of H-pyrrole nitrogens is 1. The van der Waals surface area contributed by atoms with Gasteiger partial charge < -0.3 is 29.5 Å². The van der Waals surface area contributed by atoms with Gasteiger partial charge in [-0.25, -0.2) is 0 Å². The molecule has 4 heterocycles. The van der Waals surface area contributed by atoms with E-state index in [4.69, 9.17) is 14.5 Å². The van der Waals surface area contributed by atoms with Crippen LogP contribution in [-0.4, -0.2) is 94.7 Å². The topological polar surface area (TPSA) is 129 Å². The van der Waals surface area contributed by atoms with Crippen LogP contribution in [0.3, 0.4) is 0 Å². The lowest BCUT2D eigenvalue weighted by atomic mass is 9.99. The minimum atomic E-state index is -0.399. The Balaban J connectivity index is 1.47. The number of nitrogens with zero attached hydrogens (tertiary/aromatic N) is 6. The second-order valence-corrected chi connectivity index (χ2v) is 10.0. The average molecular weight is 535 g/mol. The van der Waals surface area contributed by atoms with Crippen LogP contribution in [0.4, 0.5) is 11.8 Å². The summed E-state index contributed by atoms with van der Waals surface area (Å²) in [5.74, 6) is 1.64. The highest BCUT2D eigenvalue weighted by atomic mass is 16.6. The average Bonchev–Trinajstić information content (AvgIpc) is 3.40. The van der Waals surface area contributed by atoms with E-state index in [1.165, 1.54) is 6.08 Å². The van der Waals surface area contributed by atoms with Crippen molar-refractivity contribution in [2.75, 3.05) is 57.1 Å². The number of carbonyl (C=O) groups is 2. The highest BCUT2D eigenvalue weighted by Crippen LogP contribution is 2.44. The third-order valence-corrected chi connectivity index (χ3v) is 7.16. The standard InChI is InChI=1S/C27H34N8O4/c1-6-21(36)34-11-12-35(17(3)14-34)25-24-26(31-27(30-25)28-10-9-22(37)33(4)5)39-20(15-38-24)23-16(2)7-8-19-18(23)13-29-32-19/h6-8,13,17,20H,1,9-12,14-15H2,2-5H3,(H,29,32)(H,28,30,31)/t17-,20?/m0/s1. The van der Waals surface area contributed by atoms with Crippen LogP contribution >= 0.6 is 0 Å². The van der Waals surface area contributed by atoms with Crippen LogP contribution in [0, 0.1) is 6.92 Å². The zero-order valence-corrected chi connectivity index (χ0v) is 22.7. The van der Waals surface area contributed by atoms with E-state index in [9.17, 15) is 9.59 Å². The minimum absolute atomic E-state index is 0.000595. The number of aryl methyl sites for hydroxylation is 1. The fraction of sp³-hybridized carbons (Fsp3) is 0.444. The molecular weight excluding hydrogens is 500 g/mol. The third-order valence-electron chi connectivity index (χ3n) is 7.16. The van der Waals surface area contributed by atoms with Gasteiger partial charge >= 0.3 is 0 Å². The van der Waals surface area contributed by atoms with Gasteiger partial charge in [-0.2, -0.15) is 15.1 Å². The highest BCUT2D eigenvalue weighted by Gasteiger charge is 2.35. The van der Waals surface area contributed by atoms with Gasteiger partial charge in [0, 0.05) is 63.7 Å². The first kappa shape index (κ1) is 26.3. The SMILES string of the molecule is C=CC(=O)N1CCN(c2nc(NCCC(=O)N(C)C)nc3c2OCC(c2c(C)ccc4[nH]ncc24)O3)[C@@H](C)C1. The first-order valence-electron chi connectivity index (χ1n) is 13.0. The molecule has 2 aliphatic rings. The second-order valence-electron chi connectivity index (χ2n) is 10.0. The Morgan fingerprint density at radius 1 is 1.28 bits per heavy atom. The number of hydrogen-bond acceptors (Lipinski definition) is 9. The third kappa shape index (κ3) is 5.18. The molecule has 2 amide bonds. The van der Waals surface area contributed by atoms with Crippen molar-refractivity contribution < 1.29 is 19.1 Å². The Labute approximate surface area is 227 Å². The van der Waals surface area contributed by atoms with Crippen LogP contribution in [0.1, 0.15) is 30.6 Å². The van der Waals surface area contributed by atoms with E-state index in [0.717, 1.165) is 22.0 Å². The summed E-state index contributed by atoms with van der Waals surface area (Å²) in [5, 5.41) is 11.4. The first-order valence-corrected chi connectivity index (χ1v) is 13.0. The normalized spacial score (nSPS) is 18.7. The number of ether oxygens (including phenoxy) is 2. The molecule has 12 heteroatoms. The zero-order valence-electron chi connectivity index (χ0n) is 22.7. The molecule has 0 bridgehead atoms. The van der Waals surface area contributed by atoms with Gasteiger partial charge in [-0.3, -0.25) is 14.7 Å². The summed E-state index contributed by atoms with van der Waals surface area (Å²) in [4.78, 5) is 39.2. The van der Waals surface area contributed by atoms with Crippen LogP contribution in [0.15, 0.2) is 31.0 Å². The summed E-state index contributed by atoms with van der Waals surface area (Å²) >= 11 is 0. The maximum absolute atomic E-state index is 12.2. The summed E-state index contributed by atoms with van der Waals surface area (Å²) < 4.78 is 12.8. The van der Waals surface area contributed by atoms with Gasteiger partial charge in [0.25, 0.3) is 5.88 Å². The van der Waals surface area contributed by atoms with Crippen molar-refractivity contribution in [1.82, 2.24) is 30.0 Å². The van der Waals surface area contributed by atoms with Crippen LogP contribution in [0.5, 0.6) is 11.6 Å². The van der Waals surface area contributed by atoms with E-state index < -0.39 is 6.10 Å². The molecule has 1 unspecified atom stereocenters. The van der Waals surface area contributed by atoms with Crippen molar-refractivity contribution in [3.63, 3.8) is 0 Å². The maximum Gasteiger partial charge on any atom is 0.265 e. The molecule has 1 fully saturated rings. The number of hydrogen-bond donors (Lipinski definition) is 2. The van der Waals surface area contributed by atoms with E-state index in [2.05, 4.69) is 32.0 Å². The number of anilines is 2. The molecular formula is C27H34N8O4. The Hall–Kier alpha value is -4.35. The number of rotatable bonds is 7. The fourth-order valence-electron chi connectivity index (χ4n) is 5.05. The van der Waals surface area contributed by atoms with Gasteiger partial charge in [-0.05, 0) is 31.6 Å². The van der Waals surface area contributed by atoms with E-state index in [1.807, 2.05) is 26.0 Å². The maximum atomic E-state index is 12.2. The Morgan fingerprint density at radius 3 is 2.85 bits per heavy atom. The summed E-state index contributed by atoms with van der Waals surface area (Å²) in [6, 6.07) is 3.99. The smallest absolute Gasteiger partial charge is 0.265 e. The molecule has 2 aromatic heterocycles. The van der Waals surface area contributed by atoms with E-state index in [1.54, 1.807) is 30.1 Å². The lowest BCUT2D eigenvalue weighted by Gasteiger charge is -2.41. The number of benzene rings is 1. The molecule has 0 spiro atoms. The van der Waals surface area contributed by atoms with Crippen molar-refractivity contribution in [2.24, 2.45) is 0 Å². The molecule has 2 N–H and O–H groups in total. The van der Waals surface area contributed by atoms with Gasteiger partial charge in [-0.15, -0.1) is 0 Å². The van der Waals surface area contributed by atoms with Gasteiger partial charge in [0.2, 0.25) is 23.5 Å². The van der Waals surface area contributed by atoms with Crippen LogP contribution in [0.2, 0.25) is 0 Å². The quantitative estimate of drug-likeness (QED) is 0.439. The number of aromatic nitrogens is 4. The lowest BCUT2D eigenvalue weighted by Crippen LogP contribution is -2.53. The molecule has 1 aromatic carbocycles. The summed E-state index contributed by atoms with van der Waals surface area (Å²) in [7, 11) is 3.45. The van der Waals surface area contributed by atoms with Gasteiger partial charge in [0.05, 0.1) is 11.7 Å². The molecule has 2 atom stereocenters. The fourth-order valence-corrected chi connectivity index (χ4v) is 5.05. The predicted molar refractivity (Wildman–Crippen MR) is 147 cm³/mol. The molecule has 3 aromatic rings. The summed E-state index contributed by atoms with van der Waals surface area (Å²) in [5.41, 5.74) is 2.97. The predicted octanol–water partition coefficient (Wildman–Crippen LogP) is 2.29. The number of nitrogens with one attached hydrogen (secondary N) is 2. The molecule has 206 valence electrons. The van der Waals surface area contributed by atoms with Crippen LogP contribution in [-0.2, 0) is 9.59 Å². The van der Waals surface area contributed by atoms with Crippen molar-refractivity contribution >= 4 is 34.5 Å². The zero-order chi connectivity index (χ0) is 27.7. The summed E-state index contributed by atoms with van der Waals surface area (Å²) in [6.45, 7) is 9.93. The van der Waals surface area contributed by atoms with Crippen molar-refractivity contribution in [2.45, 2.75) is 32.4 Å². The van der Waals surface area contributed by atoms with Gasteiger partial charge in [0.15, 0.2) is 11.9 Å². The number of fused-ring (bicyclic) bond motifs is 2. The minimum Gasteiger partial charge on any atom is -0.481 e. The van der Waals surface area contributed by atoms with Gasteiger partial charge in [-0.1, -0.05) is 12.6 Å². The largest absolute Gasteiger partial charge is 0.481 e. The summed E-state index contributed by atoms with van der Waals surface area (Å²) in [6.07, 6.45) is 3.03. The number of aromatic amines is 1. The second kappa shape index (κ2) is 10.8. The van der Waals surface area contributed by atoms with Gasteiger partial charge in [0.1, 0.15) is 6.61 Å². The Morgan fingerprint density at radius 2 is 2.10 bits per heavy atom. The Kier molecular flexibility index (Phi) is 7.27. The molecule has 0 radical (unpaired) electrons. The lowest BCUT2D eigenvalue weighted by molar-refractivity contribution is -0.128. The van der Waals surface area contributed by atoms with Crippen molar-refractivity contribution in [1.29, 1.82) is 0 Å². The number of piperazine rings is 1. The van der Waals surface area contributed by atoms with Crippen molar-refractivity contribution in [3.8, 4) is 11.6 Å². The number of amides is 2. The van der Waals surface area contributed by atoms with E-state index in [-0.39, 0.29) is 24.5 Å². The van der Waals surface area contributed by atoms with Crippen LogP contribution in [0.25, 0.3) is 10.9 Å². The molecule has 0 saturated carbocycles. The van der Waals surface area contributed by atoms with Crippen molar-refractivity contribution in [3.05, 3.63) is 42.1 Å². The molecule has 2 aliphatic heterocycles. The number of carbonyl (C=O) groups excluding carboxylic acids is 2. The molecule has 1 saturated heterocycles. The van der Waals surface area contributed by atoms with E-state index >= 15 is 0 Å². The molecule has 5 rings (SSSR count). The highest BCUT2D eigenvalue weighted by molar-refractivity contribution is 5.87. The first-order chi connectivity index (χ1) is 18.8. The monoisotopic (exact) mass is 534 g/mol. The van der Waals surface area contributed by atoms with E-state index in [0.29, 0.717) is 56.0 Å². The molecule has 39 heavy (non-hydrogen) atoms. The Bertz CT molecular complexity index is 1400. The molecule has 12 nitrogen and oxygen atoms in total. The van der Waals surface area contributed by atoms with Crippen LogP contribution < -0.4 is 19.7 Å².